The summed E-state index contributed by atoms with van der Waals surface area (Å²) in [7, 11) is -3.28. The van der Waals surface area contributed by atoms with E-state index in [2.05, 4.69) is 0 Å². The zero-order valence-corrected chi connectivity index (χ0v) is 12.6. The standard InChI is InChI=1S/C12H20ClNO3S/c1-10(2)14(18(15,16)8-4-7-13)9-12-6-5-11(3)17-12/h5-6,10H,4,7-9H2,1-3H3. The zero-order chi connectivity index (χ0) is 13.8. The molecule has 0 unspecified atom stereocenters. The van der Waals surface area contributed by atoms with Gasteiger partial charge in [0.05, 0.1) is 12.3 Å². The molecule has 0 N–H and O–H groups in total. The summed E-state index contributed by atoms with van der Waals surface area (Å²) in [6, 6.07) is 3.54. The molecule has 18 heavy (non-hydrogen) atoms. The van der Waals surface area contributed by atoms with Crippen molar-refractivity contribution in [3.63, 3.8) is 0 Å². The largest absolute Gasteiger partial charge is 0.465 e. The normalized spacial score (nSPS) is 12.6. The van der Waals surface area contributed by atoms with Gasteiger partial charge in [0.1, 0.15) is 11.5 Å². The number of hydrogen-bond donors (Lipinski definition) is 0. The summed E-state index contributed by atoms with van der Waals surface area (Å²) in [6.45, 7) is 5.82. The van der Waals surface area contributed by atoms with Gasteiger partial charge in [0.25, 0.3) is 0 Å². The topological polar surface area (TPSA) is 50.5 Å². The summed E-state index contributed by atoms with van der Waals surface area (Å²) in [4.78, 5) is 0. The van der Waals surface area contributed by atoms with Crippen LogP contribution in [0, 0.1) is 6.92 Å². The lowest BCUT2D eigenvalue weighted by Crippen LogP contribution is -2.37. The van der Waals surface area contributed by atoms with E-state index in [1.165, 1.54) is 4.31 Å². The monoisotopic (exact) mass is 293 g/mol. The number of sulfonamides is 1. The molecule has 0 aromatic carbocycles. The first-order valence-corrected chi connectivity index (χ1v) is 8.12. The van der Waals surface area contributed by atoms with E-state index in [9.17, 15) is 8.42 Å². The number of nitrogens with zero attached hydrogens (tertiary/aromatic N) is 1. The Labute approximate surface area is 114 Å². The quantitative estimate of drug-likeness (QED) is 0.726. The molecule has 0 saturated carbocycles. The average molecular weight is 294 g/mol. The summed E-state index contributed by atoms with van der Waals surface area (Å²) in [5, 5.41) is 0. The number of furan rings is 1. The summed E-state index contributed by atoms with van der Waals surface area (Å²) in [5.41, 5.74) is 0. The number of rotatable bonds is 7. The molecule has 0 aliphatic heterocycles. The van der Waals surface area contributed by atoms with Crippen LogP contribution >= 0.6 is 11.6 Å². The Morgan fingerprint density at radius 2 is 2.06 bits per heavy atom. The van der Waals surface area contributed by atoms with Crippen LogP contribution in [-0.4, -0.2) is 30.4 Å². The van der Waals surface area contributed by atoms with Gasteiger partial charge in [0, 0.05) is 11.9 Å². The molecule has 0 radical (unpaired) electrons. The first-order chi connectivity index (χ1) is 8.36. The molecule has 0 aliphatic carbocycles. The molecular weight excluding hydrogens is 274 g/mol. The predicted molar refractivity (Wildman–Crippen MR) is 73.2 cm³/mol. The highest BCUT2D eigenvalue weighted by molar-refractivity contribution is 7.89. The third kappa shape index (κ3) is 4.30. The first kappa shape index (κ1) is 15.5. The smallest absolute Gasteiger partial charge is 0.214 e. The van der Waals surface area contributed by atoms with E-state index in [1.54, 1.807) is 0 Å². The van der Waals surface area contributed by atoms with Crippen LogP contribution in [0.5, 0.6) is 0 Å². The second kappa shape index (κ2) is 6.59. The van der Waals surface area contributed by atoms with Crippen LogP contribution in [-0.2, 0) is 16.6 Å². The molecule has 0 saturated heterocycles. The predicted octanol–water partition coefficient (Wildman–Crippen LogP) is 2.76. The molecule has 104 valence electrons. The SMILES string of the molecule is Cc1ccc(CN(C(C)C)S(=O)(=O)CCCCl)o1. The molecule has 0 spiro atoms. The fourth-order valence-corrected chi connectivity index (χ4v) is 3.68. The highest BCUT2D eigenvalue weighted by Crippen LogP contribution is 2.16. The van der Waals surface area contributed by atoms with Crippen molar-refractivity contribution in [2.45, 2.75) is 39.8 Å². The lowest BCUT2D eigenvalue weighted by atomic mass is 10.3. The Morgan fingerprint density at radius 3 is 2.50 bits per heavy atom. The minimum atomic E-state index is -3.28. The van der Waals surface area contributed by atoms with Crippen LogP contribution in [0.2, 0.25) is 0 Å². The lowest BCUT2D eigenvalue weighted by molar-refractivity contribution is 0.314. The van der Waals surface area contributed by atoms with Crippen molar-refractivity contribution in [1.82, 2.24) is 4.31 Å². The molecule has 1 aromatic heterocycles. The number of halogens is 1. The second-order valence-corrected chi connectivity index (χ2v) is 6.93. The molecule has 1 heterocycles. The Hall–Kier alpha value is -0.520. The van der Waals surface area contributed by atoms with Crippen molar-refractivity contribution in [2.24, 2.45) is 0 Å². The van der Waals surface area contributed by atoms with E-state index in [-0.39, 0.29) is 18.3 Å². The van der Waals surface area contributed by atoms with Gasteiger partial charge in [-0.2, -0.15) is 4.31 Å². The third-order valence-corrected chi connectivity index (χ3v) is 4.91. The third-order valence-electron chi connectivity index (χ3n) is 2.58. The number of hydrogen-bond acceptors (Lipinski definition) is 3. The van der Waals surface area contributed by atoms with E-state index < -0.39 is 10.0 Å². The number of alkyl halides is 1. The van der Waals surface area contributed by atoms with E-state index >= 15 is 0 Å². The van der Waals surface area contributed by atoms with Crippen LogP contribution in [0.3, 0.4) is 0 Å². The summed E-state index contributed by atoms with van der Waals surface area (Å²) < 4.78 is 31.2. The molecule has 0 aliphatic rings. The molecule has 1 rings (SSSR count). The van der Waals surface area contributed by atoms with Gasteiger partial charge in [-0.3, -0.25) is 0 Å². The van der Waals surface area contributed by atoms with Crippen LogP contribution < -0.4 is 0 Å². The minimum absolute atomic E-state index is 0.0777. The first-order valence-electron chi connectivity index (χ1n) is 5.97. The van der Waals surface area contributed by atoms with Crippen LogP contribution in [0.1, 0.15) is 31.8 Å². The van der Waals surface area contributed by atoms with Crippen molar-refractivity contribution >= 4 is 21.6 Å². The van der Waals surface area contributed by atoms with E-state index in [0.29, 0.717) is 18.1 Å². The van der Waals surface area contributed by atoms with E-state index in [4.69, 9.17) is 16.0 Å². The fourth-order valence-electron chi connectivity index (χ4n) is 1.68. The van der Waals surface area contributed by atoms with Crippen molar-refractivity contribution in [3.05, 3.63) is 23.7 Å². The number of aryl methyl sites for hydroxylation is 1. The second-order valence-electron chi connectivity index (χ2n) is 4.51. The maximum Gasteiger partial charge on any atom is 0.214 e. The Bertz CT molecular complexity index is 467. The highest BCUT2D eigenvalue weighted by atomic mass is 35.5. The maximum atomic E-state index is 12.2. The summed E-state index contributed by atoms with van der Waals surface area (Å²) >= 11 is 5.55. The molecule has 0 atom stereocenters. The average Bonchev–Trinajstić information content (AvgIpc) is 2.68. The van der Waals surface area contributed by atoms with Crippen LogP contribution in [0.15, 0.2) is 16.5 Å². The molecule has 0 fully saturated rings. The van der Waals surface area contributed by atoms with E-state index in [1.807, 2.05) is 32.9 Å². The molecular formula is C12H20ClNO3S. The Morgan fingerprint density at radius 1 is 1.39 bits per heavy atom. The van der Waals surface area contributed by atoms with Gasteiger partial charge >= 0.3 is 0 Å². The van der Waals surface area contributed by atoms with Gasteiger partial charge in [0.15, 0.2) is 0 Å². The zero-order valence-electron chi connectivity index (χ0n) is 11.0. The van der Waals surface area contributed by atoms with Gasteiger partial charge in [-0.25, -0.2) is 8.42 Å². The summed E-state index contributed by atoms with van der Waals surface area (Å²) in [5.74, 6) is 1.88. The van der Waals surface area contributed by atoms with Crippen molar-refractivity contribution in [1.29, 1.82) is 0 Å². The van der Waals surface area contributed by atoms with Crippen molar-refractivity contribution in [2.75, 3.05) is 11.6 Å². The van der Waals surface area contributed by atoms with Crippen molar-refractivity contribution < 1.29 is 12.8 Å². The Kier molecular flexibility index (Phi) is 5.69. The maximum absolute atomic E-state index is 12.2. The molecule has 4 nitrogen and oxygen atoms in total. The summed E-state index contributed by atoms with van der Waals surface area (Å²) in [6.07, 6.45) is 0.463. The van der Waals surface area contributed by atoms with Gasteiger partial charge in [0.2, 0.25) is 10.0 Å². The highest BCUT2D eigenvalue weighted by Gasteiger charge is 2.25. The van der Waals surface area contributed by atoms with Gasteiger partial charge in [-0.05, 0) is 39.3 Å². The Balaban J connectivity index is 2.83. The molecule has 1 aromatic rings. The minimum Gasteiger partial charge on any atom is -0.465 e. The fraction of sp³-hybridized carbons (Fsp3) is 0.667. The van der Waals surface area contributed by atoms with Crippen LogP contribution in [0.25, 0.3) is 0 Å². The van der Waals surface area contributed by atoms with Gasteiger partial charge < -0.3 is 4.42 Å². The van der Waals surface area contributed by atoms with Crippen LogP contribution in [0.4, 0.5) is 0 Å². The molecule has 6 heteroatoms. The lowest BCUT2D eigenvalue weighted by Gasteiger charge is -2.24. The van der Waals surface area contributed by atoms with Crippen molar-refractivity contribution in [3.8, 4) is 0 Å². The van der Waals surface area contributed by atoms with Gasteiger partial charge in [-0.15, -0.1) is 11.6 Å². The molecule has 0 bridgehead atoms. The molecule has 0 amide bonds. The van der Waals surface area contributed by atoms with Gasteiger partial charge in [-0.1, -0.05) is 0 Å². The van der Waals surface area contributed by atoms with E-state index in [0.717, 1.165) is 5.76 Å².